The van der Waals surface area contributed by atoms with Gasteiger partial charge in [0.1, 0.15) is 0 Å². The number of hydrogen-bond acceptors (Lipinski definition) is 6. The second kappa shape index (κ2) is 5.62. The minimum atomic E-state index is -0.988. The summed E-state index contributed by atoms with van der Waals surface area (Å²) in [5.74, 6) is -0.0626. The number of carbonyl (C=O) groups excluding carboxylic acids is 1. The van der Waals surface area contributed by atoms with Crippen LogP contribution in [-0.4, -0.2) is 35.3 Å². The maximum absolute atomic E-state index is 11.2. The van der Waals surface area contributed by atoms with Crippen LogP contribution in [0.3, 0.4) is 0 Å². The zero-order valence-electron chi connectivity index (χ0n) is 10.7. The molecule has 0 bridgehead atoms. The summed E-state index contributed by atoms with van der Waals surface area (Å²) in [5, 5.41) is 10.1. The molecule has 19 heavy (non-hydrogen) atoms. The summed E-state index contributed by atoms with van der Waals surface area (Å²) in [6, 6.07) is 5.06. The molecular formula is C13H14N2O4. The van der Waals surface area contributed by atoms with Gasteiger partial charge in [0, 0.05) is 17.8 Å². The van der Waals surface area contributed by atoms with Crippen molar-refractivity contribution in [3.8, 4) is 5.88 Å². The third kappa shape index (κ3) is 2.79. The van der Waals surface area contributed by atoms with Crippen molar-refractivity contribution >= 4 is 17.0 Å². The van der Waals surface area contributed by atoms with Gasteiger partial charge in [-0.2, -0.15) is 0 Å². The third-order valence-electron chi connectivity index (χ3n) is 2.75. The monoisotopic (exact) mass is 262 g/mol. The SMILES string of the molecule is COC(=O)C[C@@H](O)c1ccnc2ccc(OC)nc12. The molecule has 0 saturated carbocycles. The summed E-state index contributed by atoms with van der Waals surface area (Å²) in [7, 11) is 2.79. The summed E-state index contributed by atoms with van der Waals surface area (Å²) >= 11 is 0. The van der Waals surface area contributed by atoms with Gasteiger partial charge in [0.05, 0.1) is 37.8 Å². The van der Waals surface area contributed by atoms with Gasteiger partial charge in [0.15, 0.2) is 0 Å². The van der Waals surface area contributed by atoms with Gasteiger partial charge in [0.2, 0.25) is 5.88 Å². The number of rotatable bonds is 4. The topological polar surface area (TPSA) is 81.5 Å². The van der Waals surface area contributed by atoms with Gasteiger partial charge in [0.25, 0.3) is 0 Å². The predicted octanol–water partition coefficient (Wildman–Crippen LogP) is 1.23. The highest BCUT2D eigenvalue weighted by molar-refractivity contribution is 5.79. The molecule has 2 aromatic heterocycles. The Labute approximate surface area is 110 Å². The Morgan fingerprint density at radius 3 is 2.84 bits per heavy atom. The molecular weight excluding hydrogens is 248 g/mol. The lowest BCUT2D eigenvalue weighted by molar-refractivity contribution is -0.142. The van der Waals surface area contributed by atoms with Crippen LogP contribution >= 0.6 is 0 Å². The first kappa shape index (κ1) is 13.2. The average molecular weight is 262 g/mol. The van der Waals surface area contributed by atoms with E-state index in [-0.39, 0.29) is 6.42 Å². The number of esters is 1. The van der Waals surface area contributed by atoms with E-state index in [1.165, 1.54) is 14.2 Å². The number of fused-ring (bicyclic) bond motifs is 1. The van der Waals surface area contributed by atoms with Crippen molar-refractivity contribution in [2.45, 2.75) is 12.5 Å². The molecule has 0 aliphatic rings. The van der Waals surface area contributed by atoms with Crippen molar-refractivity contribution in [2.24, 2.45) is 0 Å². The van der Waals surface area contributed by atoms with Crippen molar-refractivity contribution in [3.63, 3.8) is 0 Å². The largest absolute Gasteiger partial charge is 0.481 e. The number of methoxy groups -OCH3 is 2. The molecule has 2 rings (SSSR count). The van der Waals surface area contributed by atoms with E-state index in [0.29, 0.717) is 22.5 Å². The van der Waals surface area contributed by atoms with Gasteiger partial charge in [-0.05, 0) is 12.1 Å². The van der Waals surface area contributed by atoms with Crippen LogP contribution in [0.15, 0.2) is 24.4 Å². The first-order chi connectivity index (χ1) is 9.15. The zero-order valence-corrected chi connectivity index (χ0v) is 10.7. The van der Waals surface area contributed by atoms with Gasteiger partial charge in [-0.25, -0.2) is 4.98 Å². The van der Waals surface area contributed by atoms with E-state index in [2.05, 4.69) is 14.7 Å². The molecule has 0 aliphatic heterocycles. The van der Waals surface area contributed by atoms with Crippen molar-refractivity contribution in [2.75, 3.05) is 14.2 Å². The third-order valence-corrected chi connectivity index (χ3v) is 2.75. The highest BCUT2D eigenvalue weighted by Crippen LogP contribution is 2.25. The smallest absolute Gasteiger partial charge is 0.308 e. The molecule has 0 amide bonds. The van der Waals surface area contributed by atoms with E-state index in [4.69, 9.17) is 4.74 Å². The molecule has 0 saturated heterocycles. The Morgan fingerprint density at radius 1 is 1.37 bits per heavy atom. The van der Waals surface area contributed by atoms with Crippen LogP contribution in [0.4, 0.5) is 0 Å². The van der Waals surface area contributed by atoms with Crippen LogP contribution < -0.4 is 4.74 Å². The molecule has 0 spiro atoms. The molecule has 6 heteroatoms. The highest BCUT2D eigenvalue weighted by Gasteiger charge is 2.17. The Hall–Kier alpha value is -2.21. The second-order valence-electron chi connectivity index (χ2n) is 3.92. The van der Waals surface area contributed by atoms with E-state index in [9.17, 15) is 9.90 Å². The molecule has 0 radical (unpaired) electrons. The van der Waals surface area contributed by atoms with Crippen molar-refractivity contribution in [3.05, 3.63) is 30.0 Å². The Kier molecular flexibility index (Phi) is 3.91. The quantitative estimate of drug-likeness (QED) is 0.835. The van der Waals surface area contributed by atoms with Crippen LogP contribution in [-0.2, 0) is 9.53 Å². The van der Waals surface area contributed by atoms with E-state index < -0.39 is 12.1 Å². The lowest BCUT2D eigenvalue weighted by atomic mass is 10.1. The first-order valence-corrected chi connectivity index (χ1v) is 5.70. The number of aromatic nitrogens is 2. The van der Waals surface area contributed by atoms with Crippen LogP contribution in [0.1, 0.15) is 18.1 Å². The highest BCUT2D eigenvalue weighted by atomic mass is 16.5. The van der Waals surface area contributed by atoms with E-state index in [1.54, 1.807) is 24.4 Å². The molecule has 1 N–H and O–H groups in total. The first-order valence-electron chi connectivity index (χ1n) is 5.70. The van der Waals surface area contributed by atoms with Crippen LogP contribution in [0, 0.1) is 0 Å². The summed E-state index contributed by atoms with van der Waals surface area (Å²) in [5.41, 5.74) is 1.66. The summed E-state index contributed by atoms with van der Waals surface area (Å²) in [4.78, 5) is 19.6. The minimum Gasteiger partial charge on any atom is -0.481 e. The molecule has 0 unspecified atom stereocenters. The normalized spacial score (nSPS) is 12.2. The maximum atomic E-state index is 11.2. The minimum absolute atomic E-state index is 0.130. The molecule has 6 nitrogen and oxygen atoms in total. The summed E-state index contributed by atoms with van der Waals surface area (Å²) in [6.07, 6.45) is 0.443. The van der Waals surface area contributed by atoms with Crippen LogP contribution in [0.2, 0.25) is 0 Å². The Balaban J connectivity index is 2.44. The predicted molar refractivity (Wildman–Crippen MR) is 67.7 cm³/mol. The number of hydrogen-bond donors (Lipinski definition) is 1. The van der Waals surface area contributed by atoms with E-state index >= 15 is 0 Å². The number of aliphatic hydroxyl groups is 1. The average Bonchev–Trinajstić information content (AvgIpc) is 2.45. The molecule has 0 aliphatic carbocycles. The Morgan fingerprint density at radius 2 is 2.16 bits per heavy atom. The lowest BCUT2D eigenvalue weighted by Gasteiger charge is -2.12. The van der Waals surface area contributed by atoms with Gasteiger partial charge in [-0.15, -0.1) is 0 Å². The molecule has 2 heterocycles. The van der Waals surface area contributed by atoms with Crippen LogP contribution in [0.5, 0.6) is 5.88 Å². The summed E-state index contributed by atoms with van der Waals surface area (Å²) < 4.78 is 9.59. The van der Waals surface area contributed by atoms with Gasteiger partial charge in [-0.1, -0.05) is 0 Å². The van der Waals surface area contributed by atoms with Crippen molar-refractivity contribution in [1.29, 1.82) is 0 Å². The van der Waals surface area contributed by atoms with Gasteiger partial charge >= 0.3 is 5.97 Å². The summed E-state index contributed by atoms with van der Waals surface area (Å²) in [6.45, 7) is 0. The molecule has 100 valence electrons. The van der Waals surface area contributed by atoms with Crippen LogP contribution in [0.25, 0.3) is 11.0 Å². The number of aliphatic hydroxyl groups excluding tert-OH is 1. The van der Waals surface area contributed by atoms with Crippen molar-refractivity contribution in [1.82, 2.24) is 9.97 Å². The van der Waals surface area contributed by atoms with Gasteiger partial charge < -0.3 is 14.6 Å². The van der Waals surface area contributed by atoms with Gasteiger partial charge in [-0.3, -0.25) is 9.78 Å². The van der Waals surface area contributed by atoms with E-state index in [0.717, 1.165) is 0 Å². The molecule has 0 fully saturated rings. The molecule has 2 aromatic rings. The molecule has 0 aromatic carbocycles. The number of ether oxygens (including phenoxy) is 2. The second-order valence-corrected chi connectivity index (χ2v) is 3.92. The zero-order chi connectivity index (χ0) is 13.8. The molecule has 1 atom stereocenters. The fourth-order valence-corrected chi connectivity index (χ4v) is 1.76. The fraction of sp³-hybridized carbons (Fsp3) is 0.308. The standard InChI is InChI=1S/C13H14N2O4/c1-18-11-4-3-9-13(15-11)8(5-6-14-9)10(16)7-12(17)19-2/h3-6,10,16H,7H2,1-2H3/t10-/m1/s1. The van der Waals surface area contributed by atoms with E-state index in [1.807, 2.05) is 0 Å². The number of pyridine rings is 2. The number of nitrogens with zero attached hydrogens (tertiary/aromatic N) is 2. The Bertz CT molecular complexity index is 600. The fourth-order valence-electron chi connectivity index (χ4n) is 1.76. The number of carbonyl (C=O) groups is 1. The maximum Gasteiger partial charge on any atom is 0.308 e. The van der Waals surface area contributed by atoms with Crippen molar-refractivity contribution < 1.29 is 19.4 Å². The lowest BCUT2D eigenvalue weighted by Crippen LogP contribution is -2.09.